The molecule has 0 spiro atoms. The monoisotopic (exact) mass is 612 g/mol. The number of hydrogen-bond acceptors (Lipinski definition) is 5. The van der Waals surface area contributed by atoms with Crippen LogP contribution in [0.1, 0.15) is 5.69 Å². The van der Waals surface area contributed by atoms with Crippen molar-refractivity contribution < 1.29 is 0 Å². The van der Waals surface area contributed by atoms with Crippen molar-refractivity contribution in [3.05, 3.63) is 157 Å². The van der Waals surface area contributed by atoms with Crippen molar-refractivity contribution in [3.63, 3.8) is 0 Å². The fraction of sp³-hybridized carbons (Fsp3) is 0. The summed E-state index contributed by atoms with van der Waals surface area (Å²) in [4.78, 5) is 14.6. The fourth-order valence-electron chi connectivity index (χ4n) is 7.77. The molecule has 0 saturated carbocycles. The lowest BCUT2D eigenvalue weighted by atomic mass is 9.33. The molecule has 0 unspecified atom stereocenters. The molecule has 0 aliphatic carbocycles. The van der Waals surface area contributed by atoms with E-state index in [-0.39, 0.29) is 6.71 Å². The van der Waals surface area contributed by atoms with Crippen LogP contribution in [0.15, 0.2) is 152 Å². The van der Waals surface area contributed by atoms with Crippen molar-refractivity contribution in [3.8, 4) is 12.0 Å². The topological polar surface area (TPSA) is 61.0 Å². The maximum atomic E-state index is 10.3. The highest BCUT2D eigenvalue weighted by Gasteiger charge is 2.43. The van der Waals surface area contributed by atoms with E-state index >= 15 is 0 Å². The zero-order chi connectivity index (χ0) is 31.8. The minimum absolute atomic E-state index is 0.0221. The predicted molar refractivity (Wildman–Crippen MR) is 195 cm³/mol. The Bertz CT molecular complexity index is 2570. The summed E-state index contributed by atoms with van der Waals surface area (Å²) in [5, 5.41) is 12.6. The summed E-state index contributed by atoms with van der Waals surface area (Å²) in [5.74, 6) is 1.10. The van der Waals surface area contributed by atoms with E-state index in [2.05, 4.69) is 142 Å². The van der Waals surface area contributed by atoms with Gasteiger partial charge in [-0.25, -0.2) is 4.98 Å². The Morgan fingerprint density at radius 3 is 1.73 bits per heavy atom. The highest BCUT2D eigenvalue weighted by molar-refractivity contribution is 7.00. The van der Waals surface area contributed by atoms with E-state index < -0.39 is 0 Å². The molecule has 4 heterocycles. The molecule has 0 atom stereocenters. The van der Waals surface area contributed by atoms with E-state index in [0.29, 0.717) is 17.5 Å². The van der Waals surface area contributed by atoms with Crippen LogP contribution in [0.2, 0.25) is 0 Å². The second-order valence-electron chi connectivity index (χ2n) is 12.2. The molecule has 6 nitrogen and oxygen atoms in total. The van der Waals surface area contributed by atoms with Crippen molar-refractivity contribution in [1.82, 2.24) is 14.5 Å². The molecule has 2 aliphatic rings. The quantitative estimate of drug-likeness (QED) is 0.193. The number of nitriles is 1. The minimum Gasteiger partial charge on any atom is -0.311 e. The molecule has 8 aromatic rings. The van der Waals surface area contributed by atoms with Crippen molar-refractivity contribution in [1.29, 1.82) is 5.26 Å². The third kappa shape index (κ3) is 3.68. The lowest BCUT2D eigenvalue weighted by molar-refractivity contribution is 0.969. The molecule has 6 aromatic carbocycles. The highest BCUT2D eigenvalue weighted by Crippen LogP contribution is 2.43. The Balaban J connectivity index is 1.26. The molecular formula is C41H25BN6. The number of benzene rings is 6. The predicted octanol–water partition coefficient (Wildman–Crippen LogP) is 7.53. The lowest BCUT2D eigenvalue weighted by Gasteiger charge is -2.43. The van der Waals surface area contributed by atoms with Gasteiger partial charge in [0, 0.05) is 45.3 Å². The van der Waals surface area contributed by atoms with Crippen molar-refractivity contribution in [2.24, 2.45) is 0 Å². The van der Waals surface area contributed by atoms with Crippen LogP contribution in [0.3, 0.4) is 0 Å². The Morgan fingerprint density at radius 1 is 0.521 bits per heavy atom. The first-order valence-electron chi connectivity index (χ1n) is 16.0. The summed E-state index contributed by atoms with van der Waals surface area (Å²) < 4.78 is 2.07. The number of hydrogen-bond donors (Lipinski definition) is 0. The van der Waals surface area contributed by atoms with Gasteiger partial charge in [0.1, 0.15) is 17.6 Å². The first-order chi connectivity index (χ1) is 23.8. The Hall–Kier alpha value is -6.65. The zero-order valence-electron chi connectivity index (χ0n) is 25.7. The summed E-state index contributed by atoms with van der Waals surface area (Å²) in [7, 11) is 0. The van der Waals surface area contributed by atoms with Crippen LogP contribution in [0.25, 0.3) is 27.8 Å². The summed E-state index contributed by atoms with van der Waals surface area (Å²) in [6, 6.07) is 55.0. The third-order valence-electron chi connectivity index (χ3n) is 9.65. The number of para-hydroxylation sites is 5. The molecule has 0 fully saturated rings. The molecule has 7 heteroatoms. The molecule has 10 rings (SSSR count). The van der Waals surface area contributed by atoms with E-state index in [1.54, 1.807) is 6.07 Å². The van der Waals surface area contributed by atoms with E-state index in [1.807, 2.05) is 24.3 Å². The summed E-state index contributed by atoms with van der Waals surface area (Å²) in [6.45, 7) is 0.0221. The summed E-state index contributed by atoms with van der Waals surface area (Å²) in [5.41, 5.74) is 11.4. The zero-order valence-corrected chi connectivity index (χ0v) is 25.7. The normalized spacial score (nSPS) is 12.9. The summed E-state index contributed by atoms with van der Waals surface area (Å²) >= 11 is 0. The first-order valence-corrected chi connectivity index (χ1v) is 16.0. The maximum absolute atomic E-state index is 10.3. The standard InChI is InChI=1S/C41H25BN6/c43-26-27-25-39(45-41(44-27)48-33-19-8-4-15-29(33)30-16-5-9-20-34(30)48)47-36-22-11-7-18-32(36)42-31-17-6-10-21-35(31)46(28-13-2-1-3-14-28)37-23-12-24-38(47)40(37)42/h1-25H. The third-order valence-corrected chi connectivity index (χ3v) is 9.65. The van der Waals surface area contributed by atoms with Crippen LogP contribution >= 0.6 is 0 Å². The van der Waals surface area contributed by atoms with Gasteiger partial charge in [0.15, 0.2) is 0 Å². The van der Waals surface area contributed by atoms with E-state index in [0.717, 1.165) is 44.6 Å². The van der Waals surface area contributed by atoms with Crippen LogP contribution in [-0.4, -0.2) is 21.2 Å². The second-order valence-corrected chi connectivity index (χ2v) is 12.2. The van der Waals surface area contributed by atoms with Crippen LogP contribution in [0.4, 0.5) is 34.3 Å². The van der Waals surface area contributed by atoms with Crippen LogP contribution in [0, 0.1) is 11.3 Å². The van der Waals surface area contributed by atoms with Crippen LogP contribution in [0.5, 0.6) is 0 Å². The maximum Gasteiger partial charge on any atom is 0.252 e. The van der Waals surface area contributed by atoms with Crippen LogP contribution in [-0.2, 0) is 0 Å². The molecule has 222 valence electrons. The molecule has 0 bridgehead atoms. The Labute approximate surface area is 277 Å². The number of fused-ring (bicyclic) bond motifs is 7. The highest BCUT2D eigenvalue weighted by atomic mass is 15.3. The van der Waals surface area contributed by atoms with Crippen molar-refractivity contribution >= 4 is 79.2 Å². The van der Waals surface area contributed by atoms with Gasteiger partial charge in [0.2, 0.25) is 5.95 Å². The van der Waals surface area contributed by atoms with Gasteiger partial charge >= 0.3 is 0 Å². The van der Waals surface area contributed by atoms with Gasteiger partial charge in [-0.2, -0.15) is 10.2 Å². The van der Waals surface area contributed by atoms with Gasteiger partial charge in [-0.15, -0.1) is 0 Å². The van der Waals surface area contributed by atoms with Gasteiger partial charge in [0.25, 0.3) is 6.71 Å². The Kier molecular flexibility index (Phi) is 5.63. The van der Waals surface area contributed by atoms with E-state index in [9.17, 15) is 5.26 Å². The van der Waals surface area contributed by atoms with Gasteiger partial charge in [-0.3, -0.25) is 9.47 Å². The van der Waals surface area contributed by atoms with Gasteiger partial charge in [-0.1, -0.05) is 97.1 Å². The molecule has 2 aliphatic heterocycles. The molecule has 0 radical (unpaired) electrons. The number of aromatic nitrogens is 3. The number of rotatable bonds is 3. The largest absolute Gasteiger partial charge is 0.311 e. The number of anilines is 6. The average molecular weight is 613 g/mol. The lowest BCUT2D eigenvalue weighted by Crippen LogP contribution is -2.61. The van der Waals surface area contributed by atoms with Gasteiger partial charge in [-0.05, 0) is 64.9 Å². The molecule has 2 aromatic heterocycles. The average Bonchev–Trinajstić information content (AvgIpc) is 3.49. The number of nitrogens with zero attached hydrogens (tertiary/aromatic N) is 6. The smallest absolute Gasteiger partial charge is 0.252 e. The summed E-state index contributed by atoms with van der Waals surface area (Å²) in [6.07, 6.45) is 0. The molecule has 48 heavy (non-hydrogen) atoms. The van der Waals surface area contributed by atoms with Crippen molar-refractivity contribution in [2.75, 3.05) is 9.80 Å². The van der Waals surface area contributed by atoms with Crippen molar-refractivity contribution in [2.45, 2.75) is 0 Å². The van der Waals surface area contributed by atoms with E-state index in [4.69, 9.17) is 9.97 Å². The molecule has 0 saturated heterocycles. The fourth-order valence-corrected chi connectivity index (χ4v) is 7.77. The first kappa shape index (κ1) is 26.6. The van der Waals surface area contributed by atoms with Gasteiger partial charge in [0.05, 0.1) is 11.0 Å². The molecule has 0 amide bonds. The minimum atomic E-state index is 0.0221. The SMILES string of the molecule is N#Cc1cc(N2c3ccccc3B3c4ccccc4N(c4ccccc4)c4cccc2c43)nc(-n2c3ccccc3c3ccccc32)n1. The molecular weight excluding hydrogens is 587 g/mol. The van der Waals surface area contributed by atoms with Crippen LogP contribution < -0.4 is 26.2 Å². The second kappa shape index (κ2) is 10.2. The van der Waals surface area contributed by atoms with E-state index in [1.165, 1.54) is 22.1 Å². The van der Waals surface area contributed by atoms with Gasteiger partial charge < -0.3 is 4.90 Å². The Morgan fingerprint density at radius 2 is 1.06 bits per heavy atom. The molecule has 0 N–H and O–H groups in total.